The van der Waals surface area contributed by atoms with Gasteiger partial charge < -0.3 is 15.5 Å². The molecule has 0 unspecified atom stereocenters. The zero-order valence-corrected chi connectivity index (χ0v) is 9.95. The van der Waals surface area contributed by atoms with Crippen LogP contribution in [0.15, 0.2) is 22.6 Å². The number of hydrogen-bond donors (Lipinski definition) is 2. The van der Waals surface area contributed by atoms with E-state index in [0.717, 1.165) is 6.07 Å². The Labute approximate surface area is 106 Å². The van der Waals surface area contributed by atoms with E-state index in [1.807, 2.05) is 0 Å². The van der Waals surface area contributed by atoms with Crippen molar-refractivity contribution in [2.75, 3.05) is 5.32 Å². The third-order valence-corrected chi connectivity index (χ3v) is 2.44. The Kier molecular flexibility index (Phi) is 3.43. The monoisotopic (exact) mass is 272 g/mol. The van der Waals surface area contributed by atoms with Gasteiger partial charge in [0, 0.05) is 5.69 Å². The Morgan fingerprint density at radius 3 is 2.63 bits per heavy atom. The Morgan fingerprint density at radius 2 is 2.05 bits per heavy atom. The van der Waals surface area contributed by atoms with Crippen LogP contribution in [0.4, 0.5) is 24.9 Å². The lowest BCUT2D eigenvalue weighted by atomic mass is 10.1. The molecule has 2 aromatic rings. The van der Waals surface area contributed by atoms with Gasteiger partial charge in [0.25, 0.3) is 0 Å². The van der Waals surface area contributed by atoms with Crippen molar-refractivity contribution >= 4 is 11.7 Å². The van der Waals surface area contributed by atoms with Crippen molar-refractivity contribution in [2.24, 2.45) is 5.73 Å². The van der Waals surface area contributed by atoms with Crippen LogP contribution >= 0.6 is 0 Å². The van der Waals surface area contributed by atoms with Gasteiger partial charge in [-0.15, -0.1) is 5.10 Å². The summed E-state index contributed by atoms with van der Waals surface area (Å²) in [6.07, 6.45) is -4.40. The van der Waals surface area contributed by atoms with Gasteiger partial charge in [-0.3, -0.25) is 0 Å². The quantitative estimate of drug-likeness (QED) is 0.898. The van der Waals surface area contributed by atoms with E-state index < -0.39 is 11.7 Å². The minimum absolute atomic E-state index is 0.00238. The van der Waals surface area contributed by atoms with Gasteiger partial charge in [0.15, 0.2) is 0 Å². The summed E-state index contributed by atoms with van der Waals surface area (Å²) in [5.74, 6) is 0.200. The Bertz CT molecular complexity index is 580. The summed E-state index contributed by atoms with van der Waals surface area (Å²) < 4.78 is 43.2. The highest BCUT2D eigenvalue weighted by Gasteiger charge is 2.32. The normalized spacial score (nSPS) is 11.6. The minimum Gasteiger partial charge on any atom is -0.406 e. The molecule has 0 saturated carbocycles. The smallest absolute Gasteiger partial charge is 0.406 e. The van der Waals surface area contributed by atoms with E-state index in [4.69, 9.17) is 10.2 Å². The first-order valence-corrected chi connectivity index (χ1v) is 5.37. The third kappa shape index (κ3) is 3.02. The molecule has 1 aromatic heterocycles. The standard InChI is InChI=1S/C11H11F3N4O/c1-6-2-3-7(4-8(6)11(12,13)14)16-10-18-17-9(5-15)19-10/h2-4H,5,15H2,1H3,(H,16,18). The number of aryl methyl sites for hydroxylation is 1. The molecule has 102 valence electrons. The predicted octanol–water partition coefficient (Wildman–Crippen LogP) is 2.60. The van der Waals surface area contributed by atoms with Gasteiger partial charge in [0.1, 0.15) is 0 Å². The predicted molar refractivity (Wildman–Crippen MR) is 61.7 cm³/mol. The molecule has 0 spiro atoms. The van der Waals surface area contributed by atoms with Crippen LogP contribution in [0.1, 0.15) is 17.0 Å². The zero-order chi connectivity index (χ0) is 14.0. The van der Waals surface area contributed by atoms with E-state index in [-0.39, 0.29) is 29.7 Å². The number of benzene rings is 1. The van der Waals surface area contributed by atoms with Crippen LogP contribution in [-0.4, -0.2) is 10.2 Å². The van der Waals surface area contributed by atoms with Crippen LogP contribution in [0.3, 0.4) is 0 Å². The third-order valence-electron chi connectivity index (χ3n) is 2.44. The molecule has 3 N–H and O–H groups in total. The first-order chi connectivity index (χ1) is 8.90. The van der Waals surface area contributed by atoms with Gasteiger partial charge in [0.2, 0.25) is 5.89 Å². The molecule has 0 amide bonds. The van der Waals surface area contributed by atoms with Gasteiger partial charge in [-0.1, -0.05) is 11.2 Å². The van der Waals surface area contributed by atoms with Crippen molar-refractivity contribution in [3.63, 3.8) is 0 Å². The summed E-state index contributed by atoms with van der Waals surface area (Å²) >= 11 is 0. The Balaban J connectivity index is 2.26. The van der Waals surface area contributed by atoms with Gasteiger partial charge in [-0.2, -0.15) is 13.2 Å². The number of alkyl halides is 3. The highest BCUT2D eigenvalue weighted by molar-refractivity contribution is 5.55. The lowest BCUT2D eigenvalue weighted by Crippen LogP contribution is -2.08. The maximum absolute atomic E-state index is 12.7. The molecule has 0 saturated heterocycles. The van der Waals surface area contributed by atoms with Crippen LogP contribution in [0, 0.1) is 6.92 Å². The van der Waals surface area contributed by atoms with E-state index in [2.05, 4.69) is 15.5 Å². The largest absolute Gasteiger partial charge is 0.416 e. The zero-order valence-electron chi connectivity index (χ0n) is 9.95. The molecule has 19 heavy (non-hydrogen) atoms. The minimum atomic E-state index is -4.40. The van der Waals surface area contributed by atoms with Crippen molar-refractivity contribution in [2.45, 2.75) is 19.6 Å². The molecule has 0 fully saturated rings. The Morgan fingerprint density at radius 1 is 1.32 bits per heavy atom. The first-order valence-electron chi connectivity index (χ1n) is 5.37. The van der Waals surface area contributed by atoms with Crippen molar-refractivity contribution in [3.05, 3.63) is 35.2 Å². The number of nitrogens with one attached hydrogen (secondary N) is 1. The number of rotatable bonds is 3. The first kappa shape index (κ1) is 13.3. The molecule has 1 aromatic carbocycles. The van der Waals surface area contributed by atoms with E-state index in [1.165, 1.54) is 19.1 Å². The van der Waals surface area contributed by atoms with E-state index >= 15 is 0 Å². The molecule has 0 aliphatic rings. The second-order valence-electron chi connectivity index (χ2n) is 3.86. The summed E-state index contributed by atoms with van der Waals surface area (Å²) in [6, 6.07) is 3.85. The molecule has 0 aliphatic carbocycles. The van der Waals surface area contributed by atoms with Crippen LogP contribution in [0.2, 0.25) is 0 Å². The average Bonchev–Trinajstić information content (AvgIpc) is 2.78. The summed E-state index contributed by atoms with van der Waals surface area (Å²) in [4.78, 5) is 0. The van der Waals surface area contributed by atoms with Gasteiger partial charge in [0.05, 0.1) is 12.1 Å². The molecule has 8 heteroatoms. The molecule has 1 heterocycles. The average molecular weight is 272 g/mol. The second kappa shape index (κ2) is 4.88. The van der Waals surface area contributed by atoms with Crippen LogP contribution in [0.5, 0.6) is 0 Å². The number of anilines is 2. The van der Waals surface area contributed by atoms with E-state index in [9.17, 15) is 13.2 Å². The SMILES string of the molecule is Cc1ccc(Nc2nnc(CN)o2)cc1C(F)(F)F. The summed E-state index contributed by atoms with van der Waals surface area (Å²) in [6.45, 7) is 1.46. The molecule has 0 radical (unpaired) electrons. The fourth-order valence-corrected chi connectivity index (χ4v) is 1.52. The molecular weight excluding hydrogens is 261 g/mol. The fourth-order valence-electron chi connectivity index (χ4n) is 1.52. The number of halogens is 3. The van der Waals surface area contributed by atoms with Crippen molar-refractivity contribution in [3.8, 4) is 0 Å². The number of nitrogens with two attached hydrogens (primary N) is 1. The highest BCUT2D eigenvalue weighted by atomic mass is 19.4. The Hall–Kier alpha value is -2.09. The fraction of sp³-hybridized carbons (Fsp3) is 0.273. The van der Waals surface area contributed by atoms with Gasteiger partial charge >= 0.3 is 12.2 Å². The van der Waals surface area contributed by atoms with Crippen LogP contribution < -0.4 is 11.1 Å². The number of hydrogen-bond acceptors (Lipinski definition) is 5. The molecular formula is C11H11F3N4O. The summed E-state index contributed by atoms with van der Waals surface area (Å²) in [5.41, 5.74) is 4.93. The summed E-state index contributed by atoms with van der Waals surface area (Å²) in [7, 11) is 0. The lowest BCUT2D eigenvalue weighted by molar-refractivity contribution is -0.138. The maximum atomic E-state index is 12.7. The summed E-state index contributed by atoms with van der Waals surface area (Å²) in [5, 5.41) is 9.80. The number of nitrogens with zero attached hydrogens (tertiary/aromatic N) is 2. The number of aromatic nitrogens is 2. The van der Waals surface area contributed by atoms with Gasteiger partial charge in [-0.05, 0) is 24.6 Å². The van der Waals surface area contributed by atoms with Crippen molar-refractivity contribution in [1.29, 1.82) is 0 Å². The molecule has 0 atom stereocenters. The molecule has 0 aliphatic heterocycles. The van der Waals surface area contributed by atoms with Crippen LogP contribution in [0.25, 0.3) is 0 Å². The van der Waals surface area contributed by atoms with E-state index in [1.54, 1.807) is 0 Å². The van der Waals surface area contributed by atoms with Crippen molar-refractivity contribution < 1.29 is 17.6 Å². The van der Waals surface area contributed by atoms with E-state index in [0.29, 0.717) is 0 Å². The molecule has 2 rings (SSSR count). The topological polar surface area (TPSA) is 77.0 Å². The highest BCUT2D eigenvalue weighted by Crippen LogP contribution is 2.33. The maximum Gasteiger partial charge on any atom is 0.416 e. The molecule has 5 nitrogen and oxygen atoms in total. The van der Waals surface area contributed by atoms with Crippen LogP contribution in [-0.2, 0) is 12.7 Å². The second-order valence-corrected chi connectivity index (χ2v) is 3.86. The lowest BCUT2D eigenvalue weighted by Gasteiger charge is -2.11. The van der Waals surface area contributed by atoms with Gasteiger partial charge in [-0.25, -0.2) is 0 Å². The molecule has 0 bridgehead atoms. The van der Waals surface area contributed by atoms with Crippen molar-refractivity contribution in [1.82, 2.24) is 10.2 Å².